The quantitative estimate of drug-likeness (QED) is 0.350. The van der Waals surface area contributed by atoms with Crippen LogP contribution in [0.25, 0.3) is 17.1 Å². The van der Waals surface area contributed by atoms with E-state index in [1.807, 2.05) is 66.1 Å². The Morgan fingerprint density at radius 3 is 2.65 bits per heavy atom. The van der Waals surface area contributed by atoms with E-state index >= 15 is 0 Å². The Kier molecular flexibility index (Phi) is 6.48. The minimum Gasteiger partial charge on any atom is -0.316 e. The number of nitriles is 1. The Labute approximate surface area is 206 Å². The lowest BCUT2D eigenvalue weighted by Gasteiger charge is -2.11. The van der Waals surface area contributed by atoms with Crippen molar-refractivity contribution in [1.82, 2.24) is 14.8 Å². The summed E-state index contributed by atoms with van der Waals surface area (Å²) in [4.78, 5) is 14.1. The predicted octanol–water partition coefficient (Wildman–Crippen LogP) is 5.79. The second-order valence-electron chi connectivity index (χ2n) is 8.21. The van der Waals surface area contributed by atoms with Gasteiger partial charge in [-0.2, -0.15) is 5.26 Å². The first-order valence-electron chi connectivity index (χ1n) is 11.2. The van der Waals surface area contributed by atoms with E-state index < -0.39 is 0 Å². The molecule has 0 radical (unpaired) electrons. The zero-order chi connectivity index (χ0) is 23.5. The molecule has 0 unspecified atom stereocenters. The summed E-state index contributed by atoms with van der Waals surface area (Å²) in [6.07, 6.45) is 4.14. The molecular formula is C26H23N5OS2. The number of hydrogen-bond donors (Lipinski definition) is 1. The topological polar surface area (TPSA) is 83.6 Å². The maximum atomic E-state index is 12.8. The van der Waals surface area contributed by atoms with E-state index in [-0.39, 0.29) is 11.7 Å². The van der Waals surface area contributed by atoms with Gasteiger partial charge in [0.05, 0.1) is 11.3 Å². The van der Waals surface area contributed by atoms with Crippen molar-refractivity contribution in [3.05, 3.63) is 76.2 Å². The molecule has 2 aromatic carbocycles. The number of thiophene rings is 1. The molecule has 6 nitrogen and oxygen atoms in total. The second kappa shape index (κ2) is 9.84. The SMILES string of the molecule is Cc1ccc(-n2c(SCC(=O)Nc3sc4c(c3C#N)CCCC4)nnc2-c2ccccc2)cc1. The van der Waals surface area contributed by atoms with Gasteiger partial charge < -0.3 is 5.32 Å². The van der Waals surface area contributed by atoms with Gasteiger partial charge >= 0.3 is 0 Å². The second-order valence-corrected chi connectivity index (χ2v) is 10.3. The zero-order valence-electron chi connectivity index (χ0n) is 18.7. The normalized spacial score (nSPS) is 12.7. The number of aromatic nitrogens is 3. The van der Waals surface area contributed by atoms with Crippen LogP contribution < -0.4 is 5.32 Å². The van der Waals surface area contributed by atoms with Crippen molar-refractivity contribution < 1.29 is 4.79 Å². The van der Waals surface area contributed by atoms with Crippen LogP contribution in [0.5, 0.6) is 0 Å². The van der Waals surface area contributed by atoms with Crippen LogP contribution in [0.3, 0.4) is 0 Å². The molecule has 170 valence electrons. The van der Waals surface area contributed by atoms with Gasteiger partial charge in [-0.1, -0.05) is 59.8 Å². The molecule has 0 bridgehead atoms. The van der Waals surface area contributed by atoms with E-state index in [1.165, 1.54) is 22.2 Å². The first-order valence-corrected chi connectivity index (χ1v) is 13.0. The standard InChI is InChI=1S/C26H23N5OS2/c1-17-11-13-19(14-12-17)31-24(18-7-3-2-4-8-18)29-30-26(31)33-16-23(32)28-25-21(15-27)20-9-5-6-10-22(20)34-25/h2-4,7-8,11-14H,5-6,9-10,16H2,1H3,(H,28,32). The van der Waals surface area contributed by atoms with Gasteiger partial charge in [-0.25, -0.2) is 0 Å². The molecule has 1 amide bonds. The fourth-order valence-electron chi connectivity index (χ4n) is 4.13. The summed E-state index contributed by atoms with van der Waals surface area (Å²) in [6, 6.07) is 20.4. The highest BCUT2D eigenvalue weighted by molar-refractivity contribution is 7.99. The summed E-state index contributed by atoms with van der Waals surface area (Å²) in [5, 5.41) is 22.8. The number of nitrogens with one attached hydrogen (secondary N) is 1. The molecule has 0 aliphatic heterocycles. The van der Waals surface area contributed by atoms with Gasteiger partial charge in [-0.3, -0.25) is 9.36 Å². The maximum Gasteiger partial charge on any atom is 0.235 e. The lowest BCUT2D eigenvalue weighted by molar-refractivity contribution is -0.113. The summed E-state index contributed by atoms with van der Waals surface area (Å²) >= 11 is 2.88. The van der Waals surface area contributed by atoms with Gasteiger partial charge in [0, 0.05) is 16.1 Å². The Balaban J connectivity index is 1.38. The van der Waals surface area contributed by atoms with E-state index in [9.17, 15) is 10.1 Å². The number of aryl methyl sites for hydroxylation is 2. The maximum absolute atomic E-state index is 12.8. The number of nitrogens with zero attached hydrogens (tertiary/aromatic N) is 4. The molecular weight excluding hydrogens is 462 g/mol. The largest absolute Gasteiger partial charge is 0.316 e. The Morgan fingerprint density at radius 2 is 1.88 bits per heavy atom. The molecule has 0 atom stereocenters. The summed E-state index contributed by atoms with van der Waals surface area (Å²) in [5.74, 6) is 0.747. The highest BCUT2D eigenvalue weighted by atomic mass is 32.2. The van der Waals surface area contributed by atoms with Crippen molar-refractivity contribution in [2.24, 2.45) is 0 Å². The van der Waals surface area contributed by atoms with Crippen molar-refractivity contribution in [2.45, 2.75) is 37.8 Å². The third-order valence-corrected chi connectivity index (χ3v) is 7.96. The average Bonchev–Trinajstić information content (AvgIpc) is 3.44. The molecule has 1 aliphatic rings. The molecule has 2 heterocycles. The first kappa shape index (κ1) is 22.4. The third-order valence-electron chi connectivity index (χ3n) is 5.83. The zero-order valence-corrected chi connectivity index (χ0v) is 20.4. The first-order chi connectivity index (χ1) is 16.6. The number of carbonyl (C=O) groups is 1. The third kappa shape index (κ3) is 4.49. The van der Waals surface area contributed by atoms with Crippen LogP contribution in [0, 0.1) is 18.3 Å². The molecule has 0 saturated heterocycles. The van der Waals surface area contributed by atoms with Gasteiger partial charge in [-0.15, -0.1) is 21.5 Å². The molecule has 2 aromatic heterocycles. The number of amides is 1. The van der Waals surface area contributed by atoms with Gasteiger partial charge in [-0.05, 0) is 50.3 Å². The monoisotopic (exact) mass is 485 g/mol. The molecule has 0 saturated carbocycles. The van der Waals surface area contributed by atoms with Crippen molar-refractivity contribution in [3.63, 3.8) is 0 Å². The minimum atomic E-state index is -0.153. The number of rotatable bonds is 6. The molecule has 0 fully saturated rings. The number of thioether (sulfide) groups is 1. The number of benzene rings is 2. The number of hydrogen-bond acceptors (Lipinski definition) is 6. The van der Waals surface area contributed by atoms with Crippen LogP contribution in [0.1, 0.15) is 34.4 Å². The lowest BCUT2D eigenvalue weighted by atomic mass is 9.96. The van der Waals surface area contributed by atoms with Crippen LogP contribution >= 0.6 is 23.1 Å². The fourth-order valence-corrected chi connectivity index (χ4v) is 6.14. The molecule has 8 heteroatoms. The van der Waals surface area contributed by atoms with E-state index in [4.69, 9.17) is 0 Å². The van der Waals surface area contributed by atoms with E-state index in [0.29, 0.717) is 15.7 Å². The van der Waals surface area contributed by atoms with Crippen LogP contribution in [0.2, 0.25) is 0 Å². The molecule has 4 aromatic rings. The summed E-state index contributed by atoms with van der Waals surface area (Å²) in [7, 11) is 0. The number of carbonyl (C=O) groups excluding carboxylic acids is 1. The van der Waals surface area contributed by atoms with Crippen LogP contribution in [-0.2, 0) is 17.6 Å². The highest BCUT2D eigenvalue weighted by Gasteiger charge is 2.22. The number of fused-ring (bicyclic) bond motifs is 1. The van der Waals surface area contributed by atoms with Crippen molar-refractivity contribution >= 4 is 34.0 Å². The Bertz CT molecular complexity index is 1370. The van der Waals surface area contributed by atoms with Gasteiger partial charge in [0.1, 0.15) is 11.1 Å². The van der Waals surface area contributed by atoms with Gasteiger partial charge in [0.2, 0.25) is 5.91 Å². The Morgan fingerprint density at radius 1 is 1.12 bits per heavy atom. The fraction of sp³-hybridized carbons (Fsp3) is 0.231. The predicted molar refractivity (Wildman–Crippen MR) is 137 cm³/mol. The highest BCUT2D eigenvalue weighted by Crippen LogP contribution is 2.38. The van der Waals surface area contributed by atoms with Crippen molar-refractivity contribution in [2.75, 3.05) is 11.1 Å². The summed E-state index contributed by atoms with van der Waals surface area (Å²) in [5.41, 5.74) is 4.81. The van der Waals surface area contributed by atoms with E-state index in [1.54, 1.807) is 11.3 Å². The van der Waals surface area contributed by atoms with Crippen molar-refractivity contribution in [3.8, 4) is 23.1 Å². The Hall–Kier alpha value is -3.41. The van der Waals surface area contributed by atoms with Gasteiger partial charge in [0.15, 0.2) is 11.0 Å². The molecule has 5 rings (SSSR count). The summed E-state index contributed by atoms with van der Waals surface area (Å²) < 4.78 is 1.98. The van der Waals surface area contributed by atoms with E-state index in [0.717, 1.165) is 48.3 Å². The van der Waals surface area contributed by atoms with Gasteiger partial charge in [0.25, 0.3) is 0 Å². The average molecular weight is 486 g/mol. The smallest absolute Gasteiger partial charge is 0.235 e. The van der Waals surface area contributed by atoms with Crippen molar-refractivity contribution in [1.29, 1.82) is 5.26 Å². The van der Waals surface area contributed by atoms with Crippen LogP contribution in [0.4, 0.5) is 5.00 Å². The van der Waals surface area contributed by atoms with Crippen LogP contribution in [-0.4, -0.2) is 26.4 Å². The molecule has 34 heavy (non-hydrogen) atoms. The van der Waals surface area contributed by atoms with Crippen LogP contribution in [0.15, 0.2) is 59.8 Å². The summed E-state index contributed by atoms with van der Waals surface area (Å²) in [6.45, 7) is 2.05. The molecule has 1 N–H and O–H groups in total. The molecule has 0 spiro atoms. The lowest BCUT2D eigenvalue weighted by Crippen LogP contribution is -2.14. The minimum absolute atomic E-state index is 0.153. The molecule has 1 aliphatic carbocycles. The van der Waals surface area contributed by atoms with E-state index in [2.05, 4.69) is 21.6 Å². The number of anilines is 1.